The molecule has 1 fully saturated rings. The van der Waals surface area contributed by atoms with Crippen LogP contribution in [0, 0.1) is 20.8 Å². The number of pyridine rings is 1. The molecule has 0 bridgehead atoms. The first kappa shape index (κ1) is 31.8. The van der Waals surface area contributed by atoms with Crippen LogP contribution in [0.5, 0.6) is 0 Å². The Kier molecular flexibility index (Phi) is 9.72. The number of hydrogen-bond donors (Lipinski definition) is 2. The number of carbonyl (C=O) groups excluding carboxylic acids is 2. The predicted molar refractivity (Wildman–Crippen MR) is 182 cm³/mol. The van der Waals surface area contributed by atoms with Crippen LogP contribution in [-0.2, 0) is 9.59 Å². The number of benzene rings is 1. The lowest BCUT2D eigenvalue weighted by Crippen LogP contribution is -2.46. The molecule has 10 nitrogen and oxygen atoms in total. The smallest absolute Gasteiger partial charge is 0.244 e. The maximum absolute atomic E-state index is 13.5. The van der Waals surface area contributed by atoms with Crippen LogP contribution in [0.15, 0.2) is 59.9 Å². The molecule has 6 rings (SSSR count). The molecule has 238 valence electrons. The van der Waals surface area contributed by atoms with Gasteiger partial charge in [-0.25, -0.2) is 0 Å². The van der Waals surface area contributed by atoms with Gasteiger partial charge in [-0.3, -0.25) is 24.1 Å². The highest BCUT2D eigenvalue weighted by molar-refractivity contribution is 7.15. The Labute approximate surface area is 277 Å². The first-order valence-electron chi connectivity index (χ1n) is 15.5. The number of aryl methyl sites for hydroxylation is 2. The fourth-order valence-corrected chi connectivity index (χ4v) is 7.28. The number of nitrogens with zero attached hydrogens (tertiary/aromatic N) is 6. The van der Waals surface area contributed by atoms with Gasteiger partial charge in [0.15, 0.2) is 5.82 Å². The van der Waals surface area contributed by atoms with Crippen molar-refractivity contribution in [2.45, 2.75) is 52.1 Å². The molecule has 0 aliphatic carbocycles. The number of fused-ring (bicyclic) bond motifs is 3. The van der Waals surface area contributed by atoms with Gasteiger partial charge in [0.1, 0.15) is 16.9 Å². The molecule has 2 amide bonds. The zero-order valence-corrected chi connectivity index (χ0v) is 27.7. The Morgan fingerprint density at radius 1 is 1.09 bits per heavy atom. The maximum atomic E-state index is 13.5. The van der Waals surface area contributed by atoms with Gasteiger partial charge in [0.25, 0.3) is 0 Å². The molecule has 12 heteroatoms. The monoisotopic (exact) mass is 656 g/mol. The van der Waals surface area contributed by atoms with Gasteiger partial charge >= 0.3 is 0 Å². The van der Waals surface area contributed by atoms with Crippen LogP contribution in [-0.4, -0.2) is 74.4 Å². The molecule has 3 aromatic heterocycles. The van der Waals surface area contributed by atoms with Crippen LogP contribution in [0.2, 0.25) is 5.02 Å². The molecule has 1 atom stereocenters. The molecule has 2 aliphatic heterocycles. The molecule has 46 heavy (non-hydrogen) atoms. The lowest BCUT2D eigenvalue weighted by atomic mass is 9.99. The third-order valence-corrected chi connectivity index (χ3v) is 9.97. The fraction of sp³-hybridized carbons (Fsp3) is 0.353. The molecular weight excluding hydrogens is 620 g/mol. The van der Waals surface area contributed by atoms with Crippen LogP contribution < -0.4 is 10.6 Å². The standard InChI is InChI=1S/C34H37ClN8O2S/c1-21-22(2)46-34-31(21)32(25-7-9-26(35)10-8-25)39-28(33-41-40-23(3)43(33)34)19-30(45)38-27-12-16-42(17-13-27)18-15-37-29(44)11-6-24-5-4-14-36-20-24/h4-11,14,20,27-28H,12-13,15-19H2,1-3H3,(H,37,44)(H,38,45)/b11-6+/t28-/m0/s1. The highest BCUT2D eigenvalue weighted by Crippen LogP contribution is 2.39. The van der Waals surface area contributed by atoms with Crippen molar-refractivity contribution in [2.75, 3.05) is 26.2 Å². The molecular formula is C34H37ClN8O2S. The number of rotatable bonds is 9. The van der Waals surface area contributed by atoms with E-state index < -0.39 is 6.04 Å². The van der Waals surface area contributed by atoms with Crippen LogP contribution in [0.4, 0.5) is 0 Å². The van der Waals surface area contributed by atoms with Crippen molar-refractivity contribution in [2.24, 2.45) is 4.99 Å². The Hall–Kier alpha value is -4.19. The molecule has 0 spiro atoms. The van der Waals surface area contributed by atoms with Crippen molar-refractivity contribution in [3.8, 4) is 5.00 Å². The summed E-state index contributed by atoms with van der Waals surface area (Å²) in [5, 5.41) is 16.8. The normalized spacial score (nSPS) is 16.9. The number of carbonyl (C=O) groups is 2. The van der Waals surface area contributed by atoms with Crippen molar-refractivity contribution in [1.82, 2.24) is 35.3 Å². The second kappa shape index (κ2) is 14.1. The number of nitrogens with one attached hydrogen (secondary N) is 2. The van der Waals surface area contributed by atoms with Crippen LogP contribution in [0.3, 0.4) is 0 Å². The Balaban J connectivity index is 1.08. The lowest BCUT2D eigenvalue weighted by molar-refractivity contribution is -0.122. The van der Waals surface area contributed by atoms with Crippen LogP contribution >= 0.6 is 22.9 Å². The fourth-order valence-electron chi connectivity index (χ4n) is 5.94. The van der Waals surface area contributed by atoms with Crippen LogP contribution in [0.25, 0.3) is 11.1 Å². The summed E-state index contributed by atoms with van der Waals surface area (Å²) in [5.74, 6) is 1.26. The van der Waals surface area contributed by atoms with Crippen LogP contribution in [0.1, 0.15) is 64.1 Å². The van der Waals surface area contributed by atoms with Crippen molar-refractivity contribution in [3.63, 3.8) is 0 Å². The number of likely N-dealkylation sites (tertiary alicyclic amines) is 1. The Morgan fingerprint density at radius 2 is 1.87 bits per heavy atom. The molecule has 0 unspecified atom stereocenters. The highest BCUT2D eigenvalue weighted by Gasteiger charge is 2.33. The summed E-state index contributed by atoms with van der Waals surface area (Å²) in [6.45, 7) is 9.19. The van der Waals surface area contributed by atoms with Gasteiger partial charge in [0, 0.05) is 71.7 Å². The van der Waals surface area contributed by atoms with E-state index in [1.165, 1.54) is 11.0 Å². The van der Waals surface area contributed by atoms with E-state index in [4.69, 9.17) is 16.6 Å². The third-order valence-electron chi connectivity index (χ3n) is 8.53. The minimum atomic E-state index is -0.498. The predicted octanol–water partition coefficient (Wildman–Crippen LogP) is 4.99. The molecule has 1 saturated heterocycles. The van der Waals surface area contributed by atoms with Crippen molar-refractivity contribution in [1.29, 1.82) is 0 Å². The molecule has 4 aromatic rings. The van der Waals surface area contributed by atoms with E-state index in [9.17, 15) is 9.59 Å². The van der Waals surface area contributed by atoms with Crippen molar-refractivity contribution < 1.29 is 9.59 Å². The van der Waals surface area contributed by atoms with Gasteiger partial charge in [-0.05, 0) is 69.0 Å². The average molecular weight is 657 g/mol. The number of hydrogen-bond acceptors (Lipinski definition) is 8. The molecule has 1 aromatic carbocycles. The SMILES string of the molecule is Cc1sc2c(c1C)C(c1ccc(Cl)cc1)=N[C@@H](CC(=O)NC1CCN(CCNC(=O)/C=C/c3cccnc3)CC1)c1nnc(C)n1-2. The summed E-state index contributed by atoms with van der Waals surface area (Å²) < 4.78 is 2.07. The minimum Gasteiger partial charge on any atom is -0.353 e. The second-order valence-corrected chi connectivity index (χ2v) is 13.3. The van der Waals surface area contributed by atoms with E-state index in [1.54, 1.807) is 29.8 Å². The number of aliphatic imine (C=N–C) groups is 1. The highest BCUT2D eigenvalue weighted by atomic mass is 35.5. The topological polar surface area (TPSA) is 117 Å². The van der Waals surface area contributed by atoms with Gasteiger partial charge < -0.3 is 15.5 Å². The van der Waals surface area contributed by atoms with Gasteiger partial charge in [-0.15, -0.1) is 21.5 Å². The van der Waals surface area contributed by atoms with E-state index in [0.717, 1.165) is 71.3 Å². The largest absolute Gasteiger partial charge is 0.353 e. The molecule has 0 radical (unpaired) electrons. The second-order valence-electron chi connectivity index (χ2n) is 11.7. The Morgan fingerprint density at radius 3 is 2.61 bits per heavy atom. The van der Waals surface area contributed by atoms with E-state index in [0.29, 0.717) is 17.4 Å². The molecule has 0 saturated carbocycles. The zero-order valence-electron chi connectivity index (χ0n) is 26.2. The number of thiophene rings is 1. The zero-order chi connectivity index (χ0) is 32.2. The first-order chi connectivity index (χ1) is 22.3. The summed E-state index contributed by atoms with van der Waals surface area (Å²) in [6, 6.07) is 11.0. The summed E-state index contributed by atoms with van der Waals surface area (Å²) in [7, 11) is 0. The first-order valence-corrected chi connectivity index (χ1v) is 16.7. The molecule has 2 aliphatic rings. The summed E-state index contributed by atoms with van der Waals surface area (Å²) in [4.78, 5) is 38.5. The number of halogens is 1. The van der Waals surface area contributed by atoms with Gasteiger partial charge in [-0.2, -0.15) is 0 Å². The average Bonchev–Trinajstić information content (AvgIpc) is 3.53. The van der Waals surface area contributed by atoms with E-state index in [-0.39, 0.29) is 24.3 Å². The van der Waals surface area contributed by atoms with Gasteiger partial charge in [0.2, 0.25) is 11.8 Å². The quantitative estimate of drug-likeness (QED) is 0.245. The number of amides is 2. The maximum Gasteiger partial charge on any atom is 0.244 e. The van der Waals surface area contributed by atoms with Crippen molar-refractivity contribution >= 4 is 46.5 Å². The van der Waals surface area contributed by atoms with E-state index in [1.807, 2.05) is 43.3 Å². The van der Waals surface area contributed by atoms with Gasteiger partial charge in [0.05, 0.1) is 12.1 Å². The van der Waals surface area contributed by atoms with Crippen molar-refractivity contribution in [3.05, 3.63) is 98.7 Å². The van der Waals surface area contributed by atoms with Gasteiger partial charge in [-0.1, -0.05) is 29.8 Å². The summed E-state index contributed by atoms with van der Waals surface area (Å²) in [5.41, 5.74) is 4.87. The Bertz CT molecular complexity index is 1770. The number of piperidine rings is 1. The summed E-state index contributed by atoms with van der Waals surface area (Å²) in [6.07, 6.45) is 8.55. The summed E-state index contributed by atoms with van der Waals surface area (Å²) >= 11 is 7.92. The molecule has 5 heterocycles. The minimum absolute atomic E-state index is 0.0549. The van der Waals surface area contributed by atoms with E-state index >= 15 is 0 Å². The molecule has 2 N–H and O–H groups in total. The third kappa shape index (κ3) is 7.11. The van der Waals surface area contributed by atoms with E-state index in [2.05, 4.69) is 49.1 Å². The lowest BCUT2D eigenvalue weighted by Gasteiger charge is -2.32. The number of aromatic nitrogens is 4.